The van der Waals surface area contributed by atoms with Crippen molar-refractivity contribution in [2.45, 2.75) is 19.4 Å². The zero-order chi connectivity index (χ0) is 15.2. The molecule has 0 amide bonds. The van der Waals surface area contributed by atoms with E-state index in [1.165, 1.54) is 5.56 Å². The summed E-state index contributed by atoms with van der Waals surface area (Å²) in [4.78, 5) is 0. The number of benzene rings is 2. The van der Waals surface area contributed by atoms with Crippen LogP contribution in [0, 0.1) is 0 Å². The van der Waals surface area contributed by atoms with Gasteiger partial charge in [-0.3, -0.25) is 0 Å². The number of ether oxygens (including phenoxy) is 2. The lowest BCUT2D eigenvalue weighted by Gasteiger charge is -2.20. The van der Waals surface area contributed by atoms with Crippen LogP contribution in [0.3, 0.4) is 0 Å². The van der Waals surface area contributed by atoms with Gasteiger partial charge in [-0.15, -0.1) is 0 Å². The molecule has 0 fully saturated rings. The zero-order valence-electron chi connectivity index (χ0n) is 12.3. The molecule has 1 atom stereocenters. The minimum Gasteiger partial charge on any atom is -0.493 e. The van der Waals surface area contributed by atoms with Crippen LogP contribution in [0.25, 0.3) is 0 Å². The van der Waals surface area contributed by atoms with Crippen molar-refractivity contribution < 1.29 is 9.47 Å². The molecule has 0 bridgehead atoms. The number of rotatable bonds is 6. The summed E-state index contributed by atoms with van der Waals surface area (Å²) in [5.74, 6) is 1.45. The predicted molar refractivity (Wildman–Crippen MR) is 88.9 cm³/mol. The normalized spacial score (nSPS) is 12.0. The summed E-state index contributed by atoms with van der Waals surface area (Å²) in [6.07, 6.45) is 0.756. The smallest absolute Gasteiger partial charge is 0.162 e. The minimum atomic E-state index is -0.205. The van der Waals surface area contributed by atoms with Crippen molar-refractivity contribution in [2.75, 3.05) is 13.7 Å². The van der Waals surface area contributed by atoms with Gasteiger partial charge in [0, 0.05) is 11.0 Å². The molecule has 0 heterocycles. The molecule has 0 aliphatic rings. The summed E-state index contributed by atoms with van der Waals surface area (Å²) >= 11 is 3.47. The zero-order valence-corrected chi connectivity index (χ0v) is 13.9. The van der Waals surface area contributed by atoms with E-state index < -0.39 is 0 Å². The molecule has 2 rings (SSSR count). The first-order chi connectivity index (χ1) is 10.2. The van der Waals surface area contributed by atoms with Crippen molar-refractivity contribution in [2.24, 2.45) is 5.73 Å². The summed E-state index contributed by atoms with van der Waals surface area (Å²) in [7, 11) is 1.65. The van der Waals surface area contributed by atoms with Crippen LogP contribution in [0.1, 0.15) is 24.2 Å². The molecule has 1 unspecified atom stereocenters. The maximum Gasteiger partial charge on any atom is 0.162 e. The molecule has 0 saturated heterocycles. The summed E-state index contributed by atoms with van der Waals surface area (Å²) in [6, 6.07) is 14.0. The molecule has 2 N–H and O–H groups in total. The van der Waals surface area contributed by atoms with Crippen LogP contribution < -0.4 is 15.2 Å². The van der Waals surface area contributed by atoms with E-state index in [0.29, 0.717) is 12.3 Å². The number of aryl methyl sites for hydroxylation is 1. The Labute approximate surface area is 134 Å². The highest BCUT2D eigenvalue weighted by Crippen LogP contribution is 2.32. The first kappa shape index (κ1) is 15.9. The Morgan fingerprint density at radius 3 is 2.57 bits per heavy atom. The second kappa shape index (κ2) is 7.48. The Morgan fingerprint density at radius 2 is 1.95 bits per heavy atom. The summed E-state index contributed by atoms with van der Waals surface area (Å²) in [6.45, 7) is 2.51. The lowest BCUT2D eigenvalue weighted by molar-refractivity contribution is 0.204. The molecular formula is C17H20BrNO2. The highest BCUT2D eigenvalue weighted by Gasteiger charge is 2.15. The van der Waals surface area contributed by atoms with E-state index in [2.05, 4.69) is 22.9 Å². The Balaban J connectivity index is 2.26. The third-order valence-electron chi connectivity index (χ3n) is 3.34. The monoisotopic (exact) mass is 349 g/mol. The molecule has 0 radical (unpaired) electrons. The Bertz CT molecular complexity index is 601. The SMILES string of the molecule is CCc1ccc(OC(CN)c2cccc(Br)c2)c(OC)c1. The molecule has 0 aromatic heterocycles. The number of hydrogen-bond acceptors (Lipinski definition) is 3. The molecule has 21 heavy (non-hydrogen) atoms. The highest BCUT2D eigenvalue weighted by atomic mass is 79.9. The number of nitrogens with two attached hydrogens (primary N) is 1. The first-order valence-electron chi connectivity index (χ1n) is 6.97. The van der Waals surface area contributed by atoms with Crippen LogP contribution in [0.15, 0.2) is 46.9 Å². The van der Waals surface area contributed by atoms with Gasteiger partial charge in [0.05, 0.1) is 7.11 Å². The van der Waals surface area contributed by atoms with Crippen molar-refractivity contribution in [1.82, 2.24) is 0 Å². The van der Waals surface area contributed by atoms with Gasteiger partial charge in [-0.2, -0.15) is 0 Å². The Morgan fingerprint density at radius 1 is 1.14 bits per heavy atom. The fourth-order valence-electron chi connectivity index (χ4n) is 2.14. The number of methoxy groups -OCH3 is 1. The lowest BCUT2D eigenvalue weighted by Crippen LogP contribution is -2.18. The third-order valence-corrected chi connectivity index (χ3v) is 3.83. The van der Waals surface area contributed by atoms with Crippen molar-refractivity contribution >= 4 is 15.9 Å². The number of halogens is 1. The van der Waals surface area contributed by atoms with E-state index >= 15 is 0 Å². The summed E-state index contributed by atoms with van der Waals surface area (Å²) < 4.78 is 12.5. The van der Waals surface area contributed by atoms with Gasteiger partial charge in [0.2, 0.25) is 0 Å². The van der Waals surface area contributed by atoms with Crippen LogP contribution in [0.4, 0.5) is 0 Å². The minimum absolute atomic E-state index is 0.205. The van der Waals surface area contributed by atoms with E-state index in [9.17, 15) is 0 Å². The molecule has 2 aromatic carbocycles. The molecule has 3 nitrogen and oxygen atoms in total. The average Bonchev–Trinajstić information content (AvgIpc) is 2.52. The third kappa shape index (κ3) is 3.99. The van der Waals surface area contributed by atoms with Gasteiger partial charge in [0.15, 0.2) is 11.5 Å². The van der Waals surface area contributed by atoms with E-state index in [-0.39, 0.29) is 6.10 Å². The second-order valence-electron chi connectivity index (χ2n) is 4.74. The fraction of sp³-hybridized carbons (Fsp3) is 0.294. The molecule has 0 spiro atoms. The van der Waals surface area contributed by atoms with E-state index in [0.717, 1.165) is 22.2 Å². The van der Waals surface area contributed by atoms with Gasteiger partial charge in [0.25, 0.3) is 0 Å². The van der Waals surface area contributed by atoms with Gasteiger partial charge >= 0.3 is 0 Å². The van der Waals surface area contributed by atoms with Crippen LogP contribution in [0.5, 0.6) is 11.5 Å². The van der Waals surface area contributed by atoms with Gasteiger partial charge in [-0.1, -0.05) is 41.1 Å². The van der Waals surface area contributed by atoms with Crippen molar-refractivity contribution in [3.8, 4) is 11.5 Å². The van der Waals surface area contributed by atoms with Gasteiger partial charge in [0.1, 0.15) is 6.10 Å². The highest BCUT2D eigenvalue weighted by molar-refractivity contribution is 9.10. The van der Waals surface area contributed by atoms with Crippen LogP contribution in [0.2, 0.25) is 0 Å². The first-order valence-corrected chi connectivity index (χ1v) is 7.76. The maximum atomic E-state index is 6.06. The van der Waals surface area contributed by atoms with Gasteiger partial charge in [-0.05, 0) is 41.8 Å². The molecule has 4 heteroatoms. The molecular weight excluding hydrogens is 330 g/mol. The van der Waals surface area contributed by atoms with Crippen LogP contribution >= 0.6 is 15.9 Å². The lowest BCUT2D eigenvalue weighted by atomic mass is 10.1. The molecule has 0 saturated carbocycles. The summed E-state index contributed by atoms with van der Waals surface area (Å²) in [5.41, 5.74) is 8.12. The molecule has 0 aliphatic carbocycles. The fourth-order valence-corrected chi connectivity index (χ4v) is 2.56. The maximum absolute atomic E-state index is 6.06. The topological polar surface area (TPSA) is 44.5 Å². The Hall–Kier alpha value is -1.52. The van der Waals surface area contributed by atoms with E-state index in [1.807, 2.05) is 42.5 Å². The van der Waals surface area contributed by atoms with Crippen LogP contribution in [-0.4, -0.2) is 13.7 Å². The van der Waals surface area contributed by atoms with Gasteiger partial charge < -0.3 is 15.2 Å². The predicted octanol–water partition coefficient (Wildman–Crippen LogP) is 4.10. The van der Waals surface area contributed by atoms with Crippen molar-refractivity contribution in [3.63, 3.8) is 0 Å². The van der Waals surface area contributed by atoms with Crippen LogP contribution in [-0.2, 0) is 6.42 Å². The standard InChI is InChI=1S/C17H20BrNO2/c1-3-12-7-8-15(16(9-12)20-2)21-17(11-19)13-5-4-6-14(18)10-13/h4-10,17H,3,11,19H2,1-2H3. The quantitative estimate of drug-likeness (QED) is 0.853. The van der Waals surface area contributed by atoms with Crippen molar-refractivity contribution in [1.29, 1.82) is 0 Å². The van der Waals surface area contributed by atoms with Gasteiger partial charge in [-0.25, -0.2) is 0 Å². The molecule has 2 aromatic rings. The average molecular weight is 350 g/mol. The molecule has 112 valence electrons. The van der Waals surface area contributed by atoms with E-state index in [1.54, 1.807) is 7.11 Å². The van der Waals surface area contributed by atoms with Crippen molar-refractivity contribution in [3.05, 3.63) is 58.1 Å². The Kier molecular flexibility index (Phi) is 5.65. The largest absolute Gasteiger partial charge is 0.493 e. The number of hydrogen-bond donors (Lipinski definition) is 1. The van der Waals surface area contributed by atoms with E-state index in [4.69, 9.17) is 15.2 Å². The second-order valence-corrected chi connectivity index (χ2v) is 5.65. The summed E-state index contributed by atoms with van der Waals surface area (Å²) in [5, 5.41) is 0. The molecule has 0 aliphatic heterocycles.